The van der Waals surface area contributed by atoms with Gasteiger partial charge < -0.3 is 23.5 Å². The lowest BCUT2D eigenvalue weighted by atomic mass is 10.0. The van der Waals surface area contributed by atoms with E-state index in [-0.39, 0.29) is 18.6 Å². The maximum Gasteiger partial charge on any atom is 0.218 e. The standard InChI is InChI=1S/C16H31NO8S/c1-9(2)17(10(3)4)8-11(25-26(18,19)20)12-13-14(15(21-7)22-12)24-16(5,6)23-13/h9-15H,8H2,1-7H3,(H,18,19,20)/p-1/t11-,12-,13+,14+,15+/m1/s1. The van der Waals surface area contributed by atoms with Crippen LogP contribution in [0.15, 0.2) is 0 Å². The minimum Gasteiger partial charge on any atom is -0.726 e. The molecule has 0 N–H and O–H groups in total. The van der Waals surface area contributed by atoms with Crippen LogP contribution in [-0.2, 0) is 33.5 Å². The summed E-state index contributed by atoms with van der Waals surface area (Å²) < 4.78 is 61.7. The molecule has 0 aromatic heterocycles. The summed E-state index contributed by atoms with van der Waals surface area (Å²) in [6.07, 6.45) is -3.75. The molecule has 0 unspecified atom stereocenters. The van der Waals surface area contributed by atoms with E-state index >= 15 is 0 Å². The first-order chi connectivity index (χ1) is 11.8. The summed E-state index contributed by atoms with van der Waals surface area (Å²) >= 11 is 0. The van der Waals surface area contributed by atoms with E-state index in [0.717, 1.165) is 0 Å². The van der Waals surface area contributed by atoms with Crippen LogP contribution in [0.3, 0.4) is 0 Å². The lowest BCUT2D eigenvalue weighted by Gasteiger charge is -2.36. The fraction of sp³-hybridized carbons (Fsp3) is 1.00. The molecule has 0 aliphatic carbocycles. The monoisotopic (exact) mass is 396 g/mol. The van der Waals surface area contributed by atoms with Crippen LogP contribution in [0.4, 0.5) is 0 Å². The molecule has 9 nitrogen and oxygen atoms in total. The van der Waals surface area contributed by atoms with Crippen molar-refractivity contribution >= 4 is 10.4 Å². The number of hydrogen-bond donors (Lipinski definition) is 0. The Morgan fingerprint density at radius 1 is 1.12 bits per heavy atom. The predicted molar refractivity (Wildman–Crippen MR) is 91.0 cm³/mol. The Kier molecular flexibility index (Phi) is 6.72. The molecule has 0 aromatic rings. The number of nitrogens with zero attached hydrogens (tertiary/aromatic N) is 1. The average Bonchev–Trinajstić information content (AvgIpc) is 2.94. The van der Waals surface area contributed by atoms with Crippen LogP contribution in [0.5, 0.6) is 0 Å². The summed E-state index contributed by atoms with van der Waals surface area (Å²) in [5, 5.41) is 0. The maximum atomic E-state index is 11.3. The van der Waals surface area contributed by atoms with E-state index in [1.807, 2.05) is 32.6 Å². The van der Waals surface area contributed by atoms with Crippen molar-refractivity contribution < 1.29 is 36.1 Å². The first-order valence-corrected chi connectivity index (χ1v) is 10.1. The van der Waals surface area contributed by atoms with Crippen LogP contribution >= 0.6 is 0 Å². The number of rotatable bonds is 8. The van der Waals surface area contributed by atoms with E-state index < -0.39 is 46.9 Å². The van der Waals surface area contributed by atoms with Gasteiger partial charge in [-0.1, -0.05) is 0 Å². The van der Waals surface area contributed by atoms with Gasteiger partial charge >= 0.3 is 0 Å². The third-order valence-corrected chi connectivity index (χ3v) is 5.09. The molecule has 2 heterocycles. The van der Waals surface area contributed by atoms with Crippen molar-refractivity contribution in [1.82, 2.24) is 4.90 Å². The molecule has 0 aromatic carbocycles. The third kappa shape index (κ3) is 5.14. The van der Waals surface area contributed by atoms with E-state index in [4.69, 9.17) is 23.1 Å². The van der Waals surface area contributed by atoms with E-state index in [9.17, 15) is 13.0 Å². The highest BCUT2D eigenvalue weighted by Gasteiger charge is 2.58. The highest BCUT2D eigenvalue weighted by Crippen LogP contribution is 2.40. The van der Waals surface area contributed by atoms with E-state index in [2.05, 4.69) is 0 Å². The van der Waals surface area contributed by atoms with Crippen LogP contribution in [0.1, 0.15) is 41.5 Å². The topological polar surface area (TPSA) is 107 Å². The fourth-order valence-electron chi connectivity index (χ4n) is 3.65. The van der Waals surface area contributed by atoms with Crippen LogP contribution < -0.4 is 0 Å². The molecule has 2 aliphatic heterocycles. The predicted octanol–water partition coefficient (Wildman–Crippen LogP) is 0.842. The summed E-state index contributed by atoms with van der Waals surface area (Å²) in [5.74, 6) is -0.870. The molecule has 0 bridgehead atoms. The Morgan fingerprint density at radius 3 is 2.12 bits per heavy atom. The zero-order valence-electron chi connectivity index (χ0n) is 16.4. The lowest BCUT2D eigenvalue weighted by Crippen LogP contribution is -2.50. The number of methoxy groups -OCH3 is 1. The molecule has 5 atom stereocenters. The first-order valence-electron chi connectivity index (χ1n) is 8.78. The second-order valence-electron chi connectivity index (χ2n) is 7.70. The smallest absolute Gasteiger partial charge is 0.218 e. The molecule has 154 valence electrons. The van der Waals surface area contributed by atoms with Crippen molar-refractivity contribution in [1.29, 1.82) is 0 Å². The molecule has 2 rings (SSSR count). The van der Waals surface area contributed by atoms with Crippen LogP contribution in [0.2, 0.25) is 0 Å². The number of fused-ring (bicyclic) bond motifs is 1. The van der Waals surface area contributed by atoms with Gasteiger partial charge in [0.2, 0.25) is 10.4 Å². The summed E-state index contributed by atoms with van der Waals surface area (Å²) in [6.45, 7) is 11.6. The average molecular weight is 396 g/mol. The van der Waals surface area contributed by atoms with Crippen molar-refractivity contribution in [2.45, 2.75) is 90.1 Å². The first kappa shape index (κ1) is 22.0. The molecule has 2 aliphatic rings. The second-order valence-corrected chi connectivity index (χ2v) is 8.71. The van der Waals surface area contributed by atoms with E-state index in [1.54, 1.807) is 13.8 Å². The second kappa shape index (κ2) is 7.96. The van der Waals surface area contributed by atoms with Crippen LogP contribution in [0, 0.1) is 0 Å². The summed E-state index contributed by atoms with van der Waals surface area (Å²) in [7, 11) is -3.47. The van der Waals surface area contributed by atoms with Crippen molar-refractivity contribution in [2.24, 2.45) is 0 Å². The molecule has 0 amide bonds. The molecule has 0 radical (unpaired) electrons. The summed E-state index contributed by atoms with van der Waals surface area (Å²) in [6, 6.07) is 0.228. The number of hydrogen-bond acceptors (Lipinski definition) is 9. The van der Waals surface area contributed by atoms with Crippen LogP contribution in [0.25, 0.3) is 0 Å². The Hall–Kier alpha value is -0.330. The van der Waals surface area contributed by atoms with Gasteiger partial charge in [0.15, 0.2) is 12.1 Å². The van der Waals surface area contributed by atoms with Gasteiger partial charge in [0, 0.05) is 25.7 Å². The van der Waals surface area contributed by atoms with Gasteiger partial charge in [-0.05, 0) is 41.5 Å². The van der Waals surface area contributed by atoms with Crippen molar-refractivity contribution in [2.75, 3.05) is 13.7 Å². The Morgan fingerprint density at radius 2 is 1.65 bits per heavy atom. The fourth-order valence-corrected chi connectivity index (χ4v) is 4.12. The molecule has 0 spiro atoms. The molecule has 0 saturated carbocycles. The summed E-state index contributed by atoms with van der Waals surface area (Å²) in [4.78, 5) is 2.02. The van der Waals surface area contributed by atoms with Gasteiger partial charge in [0.25, 0.3) is 0 Å². The van der Waals surface area contributed by atoms with Crippen LogP contribution in [-0.4, -0.2) is 80.1 Å². The minimum atomic E-state index is -4.93. The lowest BCUT2D eigenvalue weighted by molar-refractivity contribution is -0.236. The highest BCUT2D eigenvalue weighted by molar-refractivity contribution is 7.80. The molecule has 10 heteroatoms. The molecule has 26 heavy (non-hydrogen) atoms. The Bertz CT molecular complexity index is 571. The van der Waals surface area contributed by atoms with Crippen molar-refractivity contribution in [3.8, 4) is 0 Å². The van der Waals surface area contributed by atoms with Crippen molar-refractivity contribution in [3.05, 3.63) is 0 Å². The van der Waals surface area contributed by atoms with Gasteiger partial charge in [-0.2, -0.15) is 0 Å². The minimum absolute atomic E-state index is 0.114. The summed E-state index contributed by atoms with van der Waals surface area (Å²) in [5.41, 5.74) is 0. The van der Waals surface area contributed by atoms with Crippen molar-refractivity contribution in [3.63, 3.8) is 0 Å². The zero-order chi connectivity index (χ0) is 19.9. The maximum absolute atomic E-state index is 11.3. The highest BCUT2D eigenvalue weighted by atomic mass is 32.3. The quantitative estimate of drug-likeness (QED) is 0.436. The normalized spacial score (nSPS) is 32.6. The molecule has 2 fully saturated rings. The molecule has 2 saturated heterocycles. The largest absolute Gasteiger partial charge is 0.726 e. The third-order valence-electron chi connectivity index (χ3n) is 4.60. The SMILES string of the molecule is CO[C@H]1O[C@H]([C@@H](CN(C(C)C)C(C)C)OS(=O)(=O)[O-])[C@@H]2OC(C)(C)O[C@H]12. The van der Waals surface area contributed by atoms with E-state index in [1.165, 1.54) is 7.11 Å². The van der Waals surface area contributed by atoms with E-state index in [0.29, 0.717) is 0 Å². The Balaban J connectivity index is 2.29. The van der Waals surface area contributed by atoms with Gasteiger partial charge in [-0.15, -0.1) is 0 Å². The van der Waals surface area contributed by atoms with Gasteiger partial charge in [0.1, 0.15) is 24.4 Å². The van der Waals surface area contributed by atoms with Gasteiger partial charge in [-0.3, -0.25) is 9.08 Å². The molecular formula is C16H30NO8S-. The van der Waals surface area contributed by atoms with Gasteiger partial charge in [-0.25, -0.2) is 8.42 Å². The van der Waals surface area contributed by atoms with Gasteiger partial charge in [0.05, 0.1) is 0 Å². The number of ether oxygens (including phenoxy) is 4. The molecular weight excluding hydrogens is 366 g/mol. The Labute approximate surface area is 155 Å². The zero-order valence-corrected chi connectivity index (χ0v) is 17.2.